The maximum atomic E-state index is 5.27. The molecule has 0 aliphatic heterocycles. The van der Waals surface area contributed by atoms with Gasteiger partial charge in [-0.15, -0.1) is 24.7 Å². The van der Waals surface area contributed by atoms with Crippen LogP contribution in [0, 0.1) is 36.5 Å². The molecule has 0 N–H and O–H groups in total. The first kappa shape index (κ1) is 12.1. The van der Waals surface area contributed by atoms with Crippen LogP contribution in [-0.4, -0.2) is 0 Å². The Bertz CT molecular complexity index is 171. The van der Waals surface area contributed by atoms with Gasteiger partial charge in [-0.2, -0.15) is 0 Å². The Morgan fingerprint density at radius 3 is 1.92 bits per heavy atom. The topological polar surface area (TPSA) is 0 Å². The van der Waals surface area contributed by atoms with E-state index in [9.17, 15) is 0 Å². The third-order valence-electron chi connectivity index (χ3n) is 2.21. The predicted molar refractivity (Wildman–Crippen MR) is 59.1 cm³/mol. The van der Waals surface area contributed by atoms with Gasteiger partial charge in [-0.1, -0.05) is 26.7 Å². The fourth-order valence-electron chi connectivity index (χ4n) is 1.42. The molecule has 0 spiro atoms. The molecule has 0 rings (SSSR count). The molecule has 0 saturated carbocycles. The van der Waals surface area contributed by atoms with Gasteiger partial charge in [-0.05, 0) is 18.3 Å². The summed E-state index contributed by atoms with van der Waals surface area (Å²) in [5.41, 5.74) is 0. The van der Waals surface area contributed by atoms with Gasteiger partial charge in [0.05, 0.1) is 0 Å². The van der Waals surface area contributed by atoms with Crippen molar-refractivity contribution in [1.82, 2.24) is 0 Å². The van der Waals surface area contributed by atoms with E-state index < -0.39 is 0 Å². The van der Waals surface area contributed by atoms with E-state index in [1.54, 1.807) is 0 Å². The second-order valence-electron chi connectivity index (χ2n) is 4.01. The van der Waals surface area contributed by atoms with Crippen molar-refractivity contribution < 1.29 is 0 Å². The van der Waals surface area contributed by atoms with E-state index in [0.29, 0.717) is 5.92 Å². The zero-order valence-corrected chi connectivity index (χ0v) is 8.84. The second-order valence-corrected chi connectivity index (χ2v) is 4.01. The monoisotopic (exact) mass is 176 g/mol. The van der Waals surface area contributed by atoms with Crippen LogP contribution < -0.4 is 0 Å². The molecule has 0 aromatic heterocycles. The van der Waals surface area contributed by atoms with E-state index in [4.69, 9.17) is 12.8 Å². The molecular formula is C13H20. The summed E-state index contributed by atoms with van der Waals surface area (Å²) in [7, 11) is 0. The first-order chi connectivity index (χ1) is 6.20. The molecule has 0 amide bonds. The number of hydrogen-bond donors (Lipinski definition) is 0. The van der Waals surface area contributed by atoms with E-state index in [1.807, 2.05) is 0 Å². The fraction of sp³-hybridized carbons (Fsp3) is 0.692. The summed E-state index contributed by atoms with van der Waals surface area (Å²) in [4.78, 5) is 0. The molecule has 0 fully saturated rings. The lowest BCUT2D eigenvalue weighted by atomic mass is 9.94. The van der Waals surface area contributed by atoms with Crippen LogP contribution in [0.5, 0.6) is 0 Å². The molecule has 0 heterocycles. The Balaban J connectivity index is 3.59. The van der Waals surface area contributed by atoms with Crippen molar-refractivity contribution in [2.24, 2.45) is 11.8 Å². The molecule has 0 aromatic rings. The van der Waals surface area contributed by atoms with Crippen molar-refractivity contribution in [3.63, 3.8) is 0 Å². The van der Waals surface area contributed by atoms with Crippen molar-refractivity contribution in [3.8, 4) is 24.7 Å². The SMILES string of the molecule is C#CCC(CC#C)CCCC(C)C. The first-order valence-corrected chi connectivity index (χ1v) is 5.07. The van der Waals surface area contributed by atoms with Crippen LogP contribution in [-0.2, 0) is 0 Å². The van der Waals surface area contributed by atoms with Crippen molar-refractivity contribution in [2.45, 2.75) is 46.0 Å². The van der Waals surface area contributed by atoms with Crippen molar-refractivity contribution in [3.05, 3.63) is 0 Å². The smallest absolute Gasteiger partial charge is 0.0123 e. The third-order valence-corrected chi connectivity index (χ3v) is 2.21. The van der Waals surface area contributed by atoms with E-state index in [2.05, 4.69) is 25.7 Å². The van der Waals surface area contributed by atoms with Gasteiger partial charge in [0.1, 0.15) is 0 Å². The van der Waals surface area contributed by atoms with Crippen molar-refractivity contribution >= 4 is 0 Å². The molecule has 72 valence electrons. The molecule has 0 heteroatoms. The summed E-state index contributed by atoms with van der Waals surface area (Å²) in [6.07, 6.45) is 15.9. The van der Waals surface area contributed by atoms with E-state index in [-0.39, 0.29) is 0 Å². The van der Waals surface area contributed by atoms with Crippen LogP contribution in [0.15, 0.2) is 0 Å². The first-order valence-electron chi connectivity index (χ1n) is 5.07. The largest absolute Gasteiger partial charge is 0.120 e. The Labute approximate surface area is 83.1 Å². The summed E-state index contributed by atoms with van der Waals surface area (Å²) in [5.74, 6) is 6.73. The summed E-state index contributed by atoms with van der Waals surface area (Å²) >= 11 is 0. The second kappa shape index (κ2) is 7.75. The van der Waals surface area contributed by atoms with Gasteiger partial charge in [0, 0.05) is 12.8 Å². The van der Waals surface area contributed by atoms with Crippen LogP contribution in [0.1, 0.15) is 46.0 Å². The summed E-state index contributed by atoms with van der Waals surface area (Å²) in [6, 6.07) is 0. The fourth-order valence-corrected chi connectivity index (χ4v) is 1.42. The van der Waals surface area contributed by atoms with Crippen LogP contribution in [0.4, 0.5) is 0 Å². The maximum absolute atomic E-state index is 5.27. The number of rotatable bonds is 6. The van der Waals surface area contributed by atoms with Crippen LogP contribution in [0.2, 0.25) is 0 Å². The standard InChI is InChI=1S/C13H20/c1-5-8-13(9-6-2)11-7-10-12(3)4/h1-2,12-13H,7-11H2,3-4H3. The van der Waals surface area contributed by atoms with Crippen LogP contribution in [0.3, 0.4) is 0 Å². The minimum absolute atomic E-state index is 0.550. The highest BCUT2D eigenvalue weighted by atomic mass is 14.1. The molecule has 0 saturated heterocycles. The van der Waals surface area contributed by atoms with Crippen molar-refractivity contribution in [1.29, 1.82) is 0 Å². The molecular weight excluding hydrogens is 156 g/mol. The molecule has 0 bridgehead atoms. The molecule has 0 radical (unpaired) electrons. The lowest BCUT2D eigenvalue weighted by Gasteiger charge is -2.11. The van der Waals surface area contributed by atoms with E-state index >= 15 is 0 Å². The summed E-state index contributed by atoms with van der Waals surface area (Å²) in [5, 5.41) is 0. The Morgan fingerprint density at radius 2 is 1.54 bits per heavy atom. The Kier molecular flexibility index (Phi) is 7.23. The normalized spacial score (nSPS) is 10.0. The molecule has 0 unspecified atom stereocenters. The molecule has 0 aromatic carbocycles. The highest BCUT2D eigenvalue weighted by molar-refractivity contribution is 4.93. The van der Waals surface area contributed by atoms with Gasteiger partial charge in [0.15, 0.2) is 0 Å². The molecule has 0 aliphatic rings. The quantitative estimate of drug-likeness (QED) is 0.544. The molecule has 13 heavy (non-hydrogen) atoms. The van der Waals surface area contributed by atoms with Gasteiger partial charge < -0.3 is 0 Å². The maximum Gasteiger partial charge on any atom is 0.0123 e. The molecule has 0 atom stereocenters. The third kappa shape index (κ3) is 7.48. The van der Waals surface area contributed by atoms with Gasteiger partial charge in [-0.25, -0.2) is 0 Å². The van der Waals surface area contributed by atoms with Gasteiger partial charge in [0.2, 0.25) is 0 Å². The van der Waals surface area contributed by atoms with Crippen LogP contribution in [0.25, 0.3) is 0 Å². The number of hydrogen-bond acceptors (Lipinski definition) is 0. The highest BCUT2D eigenvalue weighted by Crippen LogP contribution is 2.17. The highest BCUT2D eigenvalue weighted by Gasteiger charge is 2.05. The minimum Gasteiger partial charge on any atom is -0.120 e. The van der Waals surface area contributed by atoms with E-state index in [1.165, 1.54) is 19.3 Å². The molecule has 0 nitrogen and oxygen atoms in total. The predicted octanol–water partition coefficient (Wildman–Crippen LogP) is 3.48. The van der Waals surface area contributed by atoms with Gasteiger partial charge >= 0.3 is 0 Å². The van der Waals surface area contributed by atoms with Gasteiger partial charge in [-0.3, -0.25) is 0 Å². The summed E-state index contributed by atoms with van der Waals surface area (Å²) < 4.78 is 0. The average Bonchev–Trinajstić information content (AvgIpc) is 2.04. The Hall–Kier alpha value is -0.880. The summed E-state index contributed by atoms with van der Waals surface area (Å²) in [6.45, 7) is 4.49. The van der Waals surface area contributed by atoms with Gasteiger partial charge in [0.25, 0.3) is 0 Å². The van der Waals surface area contributed by atoms with E-state index in [0.717, 1.165) is 18.8 Å². The zero-order chi connectivity index (χ0) is 10.1. The average molecular weight is 176 g/mol. The number of terminal acetylenes is 2. The Morgan fingerprint density at radius 1 is 1.00 bits per heavy atom. The lowest BCUT2D eigenvalue weighted by molar-refractivity contribution is 0.445. The minimum atomic E-state index is 0.550. The zero-order valence-electron chi connectivity index (χ0n) is 8.84. The van der Waals surface area contributed by atoms with Crippen molar-refractivity contribution in [2.75, 3.05) is 0 Å². The lowest BCUT2D eigenvalue weighted by Crippen LogP contribution is -1.99. The molecule has 0 aliphatic carbocycles. The van der Waals surface area contributed by atoms with Crippen LogP contribution >= 0.6 is 0 Å².